The van der Waals surface area contributed by atoms with Gasteiger partial charge in [-0.1, -0.05) is 43.5 Å². The first kappa shape index (κ1) is 19.4. The molecule has 1 aliphatic rings. The van der Waals surface area contributed by atoms with E-state index >= 15 is 0 Å². The molecule has 0 spiro atoms. The highest BCUT2D eigenvalue weighted by Crippen LogP contribution is 2.23. The van der Waals surface area contributed by atoms with Crippen LogP contribution in [-0.2, 0) is 20.1 Å². The highest BCUT2D eigenvalue weighted by atomic mass is 16.2. The van der Waals surface area contributed by atoms with E-state index in [0.29, 0.717) is 18.2 Å². The van der Waals surface area contributed by atoms with E-state index in [4.69, 9.17) is 0 Å². The SMILES string of the molecule is CN(Cc1ccccc1CNC(=O)c1ccn(C)c(=O)c1)C1CCCCC1. The smallest absolute Gasteiger partial charge is 0.251 e. The fourth-order valence-corrected chi connectivity index (χ4v) is 3.77. The van der Waals surface area contributed by atoms with Gasteiger partial charge in [0.25, 0.3) is 11.5 Å². The van der Waals surface area contributed by atoms with Crippen molar-refractivity contribution >= 4 is 5.91 Å². The number of amides is 1. The standard InChI is InChI=1S/C22H29N3O2/c1-24-13-12-17(14-21(24)26)22(27)23-15-18-8-6-7-9-19(18)16-25(2)20-10-4-3-5-11-20/h6-9,12-14,20H,3-5,10-11,15-16H2,1-2H3,(H,23,27). The number of rotatable bonds is 6. The fraction of sp³-hybridized carbons (Fsp3) is 0.455. The van der Waals surface area contributed by atoms with Crippen molar-refractivity contribution in [3.05, 3.63) is 69.6 Å². The summed E-state index contributed by atoms with van der Waals surface area (Å²) in [4.78, 5) is 26.6. The third kappa shape index (κ3) is 5.07. The van der Waals surface area contributed by atoms with Crippen LogP contribution in [0.4, 0.5) is 0 Å². The van der Waals surface area contributed by atoms with E-state index in [2.05, 4.69) is 35.5 Å². The maximum absolute atomic E-state index is 12.4. The van der Waals surface area contributed by atoms with Crippen molar-refractivity contribution in [1.82, 2.24) is 14.8 Å². The van der Waals surface area contributed by atoms with Gasteiger partial charge in [0.05, 0.1) is 0 Å². The van der Waals surface area contributed by atoms with Crippen molar-refractivity contribution in [3.8, 4) is 0 Å². The van der Waals surface area contributed by atoms with Gasteiger partial charge in [-0.3, -0.25) is 14.5 Å². The zero-order valence-corrected chi connectivity index (χ0v) is 16.3. The quantitative estimate of drug-likeness (QED) is 0.854. The molecule has 0 aliphatic heterocycles. The fourth-order valence-electron chi connectivity index (χ4n) is 3.77. The van der Waals surface area contributed by atoms with Crippen LogP contribution in [0.25, 0.3) is 0 Å². The summed E-state index contributed by atoms with van der Waals surface area (Å²) in [6.45, 7) is 1.35. The van der Waals surface area contributed by atoms with Gasteiger partial charge in [0.15, 0.2) is 0 Å². The summed E-state index contributed by atoms with van der Waals surface area (Å²) in [7, 11) is 3.87. The summed E-state index contributed by atoms with van der Waals surface area (Å²) in [5.74, 6) is -0.219. The molecule has 1 heterocycles. The summed E-state index contributed by atoms with van der Waals surface area (Å²) in [6, 6.07) is 12.0. The highest BCUT2D eigenvalue weighted by Gasteiger charge is 2.19. The molecule has 1 aromatic heterocycles. The monoisotopic (exact) mass is 367 g/mol. The lowest BCUT2D eigenvalue weighted by atomic mass is 9.94. The minimum absolute atomic E-state index is 0.183. The lowest BCUT2D eigenvalue weighted by molar-refractivity contribution is 0.0950. The minimum Gasteiger partial charge on any atom is -0.348 e. The molecule has 0 atom stereocenters. The van der Waals surface area contributed by atoms with Gasteiger partial charge in [-0.15, -0.1) is 0 Å². The molecule has 27 heavy (non-hydrogen) atoms. The average molecular weight is 367 g/mol. The topological polar surface area (TPSA) is 54.3 Å². The van der Waals surface area contributed by atoms with Gasteiger partial charge < -0.3 is 9.88 Å². The summed E-state index contributed by atoms with van der Waals surface area (Å²) in [5, 5.41) is 2.95. The Balaban J connectivity index is 1.64. The van der Waals surface area contributed by atoms with Crippen LogP contribution in [0.5, 0.6) is 0 Å². The van der Waals surface area contributed by atoms with Gasteiger partial charge in [0.2, 0.25) is 0 Å². The molecular formula is C22H29N3O2. The Kier molecular flexibility index (Phi) is 6.45. The molecule has 5 heteroatoms. The highest BCUT2D eigenvalue weighted by molar-refractivity contribution is 5.93. The summed E-state index contributed by atoms with van der Waals surface area (Å²) in [5.41, 5.74) is 2.58. The second-order valence-corrected chi connectivity index (χ2v) is 7.52. The molecule has 0 radical (unpaired) electrons. The average Bonchev–Trinajstić information content (AvgIpc) is 2.69. The number of pyridine rings is 1. The number of hydrogen-bond donors (Lipinski definition) is 1. The molecule has 1 amide bonds. The van der Waals surface area contributed by atoms with E-state index in [1.807, 2.05) is 6.07 Å². The molecule has 3 rings (SSSR count). The minimum atomic E-state index is -0.219. The second-order valence-electron chi connectivity index (χ2n) is 7.52. The number of nitrogens with zero attached hydrogens (tertiary/aromatic N) is 2. The molecule has 1 aliphatic carbocycles. The van der Waals surface area contributed by atoms with E-state index in [-0.39, 0.29) is 11.5 Å². The summed E-state index contributed by atoms with van der Waals surface area (Å²) >= 11 is 0. The molecule has 1 aromatic carbocycles. The second kappa shape index (κ2) is 9.00. The first-order valence-electron chi connectivity index (χ1n) is 9.76. The first-order valence-corrected chi connectivity index (χ1v) is 9.76. The Morgan fingerprint density at radius 1 is 1.15 bits per heavy atom. The van der Waals surface area contributed by atoms with E-state index in [9.17, 15) is 9.59 Å². The van der Waals surface area contributed by atoms with E-state index in [0.717, 1.165) is 12.1 Å². The van der Waals surface area contributed by atoms with Crippen molar-refractivity contribution in [2.24, 2.45) is 7.05 Å². The molecule has 0 bridgehead atoms. The third-order valence-corrected chi connectivity index (χ3v) is 5.54. The van der Waals surface area contributed by atoms with Crippen LogP contribution in [0.15, 0.2) is 47.4 Å². The zero-order valence-electron chi connectivity index (χ0n) is 16.3. The Hall–Kier alpha value is -2.40. The van der Waals surface area contributed by atoms with Crippen molar-refractivity contribution in [1.29, 1.82) is 0 Å². The Morgan fingerprint density at radius 2 is 1.85 bits per heavy atom. The number of carbonyl (C=O) groups is 1. The van der Waals surface area contributed by atoms with Crippen LogP contribution in [-0.4, -0.2) is 28.5 Å². The Bertz CT molecular complexity index is 837. The van der Waals surface area contributed by atoms with Gasteiger partial charge >= 0.3 is 0 Å². The summed E-state index contributed by atoms with van der Waals surface area (Å²) < 4.78 is 1.45. The lowest BCUT2D eigenvalue weighted by Gasteiger charge is -2.31. The van der Waals surface area contributed by atoms with Gasteiger partial charge in [0, 0.05) is 44.0 Å². The maximum Gasteiger partial charge on any atom is 0.251 e. The summed E-state index contributed by atoms with van der Waals surface area (Å²) in [6.07, 6.45) is 8.17. The lowest BCUT2D eigenvalue weighted by Crippen LogP contribution is -2.33. The van der Waals surface area contributed by atoms with Crippen LogP contribution in [0.2, 0.25) is 0 Å². The molecule has 1 N–H and O–H groups in total. The Labute approximate surface area is 161 Å². The van der Waals surface area contributed by atoms with Crippen molar-refractivity contribution < 1.29 is 4.79 Å². The van der Waals surface area contributed by atoms with Crippen LogP contribution >= 0.6 is 0 Å². The predicted octanol–water partition coefficient (Wildman–Crippen LogP) is 3.08. The molecule has 2 aromatic rings. The number of benzene rings is 1. The maximum atomic E-state index is 12.4. The van der Waals surface area contributed by atoms with Crippen molar-refractivity contribution in [2.75, 3.05) is 7.05 Å². The van der Waals surface area contributed by atoms with Gasteiger partial charge in [-0.05, 0) is 37.1 Å². The van der Waals surface area contributed by atoms with Gasteiger partial charge in [-0.2, -0.15) is 0 Å². The number of aromatic nitrogens is 1. The molecule has 0 saturated heterocycles. The molecule has 0 unspecified atom stereocenters. The van der Waals surface area contributed by atoms with Crippen LogP contribution in [0, 0.1) is 0 Å². The van der Waals surface area contributed by atoms with Gasteiger partial charge in [0.1, 0.15) is 0 Å². The van der Waals surface area contributed by atoms with Crippen LogP contribution in [0.3, 0.4) is 0 Å². The first-order chi connectivity index (χ1) is 13.0. The van der Waals surface area contributed by atoms with Crippen molar-refractivity contribution in [2.45, 2.75) is 51.2 Å². The van der Waals surface area contributed by atoms with E-state index < -0.39 is 0 Å². The number of carbonyl (C=O) groups excluding carboxylic acids is 1. The molecule has 1 fully saturated rings. The van der Waals surface area contributed by atoms with Crippen LogP contribution < -0.4 is 10.9 Å². The predicted molar refractivity (Wildman–Crippen MR) is 108 cm³/mol. The molecule has 5 nitrogen and oxygen atoms in total. The largest absolute Gasteiger partial charge is 0.348 e. The van der Waals surface area contributed by atoms with E-state index in [1.54, 1.807) is 19.3 Å². The number of hydrogen-bond acceptors (Lipinski definition) is 3. The number of nitrogens with one attached hydrogen (secondary N) is 1. The third-order valence-electron chi connectivity index (χ3n) is 5.54. The van der Waals surface area contributed by atoms with Crippen LogP contribution in [0.1, 0.15) is 53.6 Å². The Morgan fingerprint density at radius 3 is 2.56 bits per heavy atom. The van der Waals surface area contributed by atoms with E-state index in [1.165, 1.54) is 48.3 Å². The molecule has 1 saturated carbocycles. The molecule has 144 valence electrons. The van der Waals surface area contributed by atoms with Gasteiger partial charge in [-0.25, -0.2) is 0 Å². The normalized spacial score (nSPS) is 15.1. The number of aryl methyl sites for hydroxylation is 1. The van der Waals surface area contributed by atoms with Crippen molar-refractivity contribution in [3.63, 3.8) is 0 Å². The molecular weight excluding hydrogens is 338 g/mol. The zero-order chi connectivity index (χ0) is 19.2.